The largest absolute Gasteiger partial charge is 0.457 e. The van der Waals surface area contributed by atoms with Gasteiger partial charge >= 0.3 is 0 Å². The van der Waals surface area contributed by atoms with Crippen LogP contribution < -0.4 is 4.74 Å². The maximum absolute atomic E-state index is 14.8. The summed E-state index contributed by atoms with van der Waals surface area (Å²) in [4.78, 5) is 8.56. The van der Waals surface area contributed by atoms with Gasteiger partial charge in [0.05, 0.1) is 33.0 Å². The molecule has 0 unspecified atom stereocenters. The van der Waals surface area contributed by atoms with Crippen molar-refractivity contribution in [2.24, 2.45) is 0 Å². The molecule has 0 atom stereocenters. The van der Waals surface area contributed by atoms with Crippen LogP contribution in [-0.2, 0) is 9.84 Å². The zero-order valence-corrected chi connectivity index (χ0v) is 19.5. The van der Waals surface area contributed by atoms with Crippen molar-refractivity contribution in [3.05, 3.63) is 77.8 Å². The Labute approximate surface area is 201 Å². The molecule has 0 spiro atoms. The molecule has 4 aromatic rings. The van der Waals surface area contributed by atoms with Gasteiger partial charge in [0.2, 0.25) is 0 Å². The fourth-order valence-electron chi connectivity index (χ4n) is 3.50. The topological polar surface area (TPSA) is 92.9 Å². The van der Waals surface area contributed by atoms with Gasteiger partial charge in [0.1, 0.15) is 23.6 Å². The molecule has 0 aliphatic carbocycles. The first-order valence-electron chi connectivity index (χ1n) is 10.5. The summed E-state index contributed by atoms with van der Waals surface area (Å²) in [5.41, 5.74) is 1.07. The molecule has 6 nitrogen and oxygen atoms in total. The molecule has 0 aliphatic heterocycles. The lowest BCUT2D eigenvalue weighted by Gasteiger charge is -2.11. The molecule has 172 valence electrons. The van der Waals surface area contributed by atoms with E-state index in [-0.39, 0.29) is 16.2 Å². The third-order valence-electron chi connectivity index (χ3n) is 5.16. The SMILES string of the molecule is N#CCCCCS(=O)(=O)c1cccc(Oc2ccc(F)c(-c3ncnc4c(Cl)cccc34)c2)c1. The Morgan fingerprint density at radius 3 is 2.62 bits per heavy atom. The number of aromatic nitrogens is 2. The van der Waals surface area contributed by atoms with Crippen molar-refractivity contribution in [3.63, 3.8) is 0 Å². The summed E-state index contributed by atoms with van der Waals surface area (Å²) < 4.78 is 45.9. The number of para-hydroxylation sites is 1. The predicted molar refractivity (Wildman–Crippen MR) is 128 cm³/mol. The van der Waals surface area contributed by atoms with Crippen molar-refractivity contribution < 1.29 is 17.5 Å². The molecule has 0 N–H and O–H groups in total. The molecule has 0 saturated heterocycles. The number of unbranched alkanes of at least 4 members (excludes halogenated alkanes) is 2. The molecular formula is C25H19ClFN3O3S. The number of ether oxygens (including phenoxy) is 1. The predicted octanol–water partition coefficient (Wildman–Crippen LogP) is 6.35. The fraction of sp³-hybridized carbons (Fsp3) is 0.160. The van der Waals surface area contributed by atoms with Crippen LogP contribution in [0.1, 0.15) is 19.3 Å². The van der Waals surface area contributed by atoms with E-state index in [0.29, 0.717) is 52.4 Å². The second-order valence-corrected chi connectivity index (χ2v) is 10.0. The van der Waals surface area contributed by atoms with Gasteiger partial charge in [0.15, 0.2) is 9.84 Å². The van der Waals surface area contributed by atoms with E-state index in [2.05, 4.69) is 9.97 Å². The minimum Gasteiger partial charge on any atom is -0.457 e. The Balaban J connectivity index is 1.63. The van der Waals surface area contributed by atoms with Crippen LogP contribution in [-0.4, -0.2) is 24.1 Å². The number of hydrogen-bond donors (Lipinski definition) is 0. The van der Waals surface area contributed by atoms with Crippen molar-refractivity contribution in [1.82, 2.24) is 9.97 Å². The summed E-state index contributed by atoms with van der Waals surface area (Å²) in [7, 11) is -3.52. The fourth-order valence-corrected chi connectivity index (χ4v) is 5.12. The van der Waals surface area contributed by atoms with Crippen molar-refractivity contribution in [2.45, 2.75) is 24.2 Å². The maximum Gasteiger partial charge on any atom is 0.178 e. The number of benzene rings is 3. The van der Waals surface area contributed by atoms with E-state index in [4.69, 9.17) is 21.6 Å². The van der Waals surface area contributed by atoms with Gasteiger partial charge in [-0.2, -0.15) is 5.26 Å². The minimum absolute atomic E-state index is 0.0534. The second kappa shape index (κ2) is 10.2. The van der Waals surface area contributed by atoms with E-state index >= 15 is 0 Å². The Hall–Kier alpha value is -3.54. The molecule has 0 fully saturated rings. The summed E-state index contributed by atoms with van der Waals surface area (Å²) in [6, 6.07) is 17.6. The lowest BCUT2D eigenvalue weighted by atomic mass is 10.1. The monoisotopic (exact) mass is 495 g/mol. The van der Waals surface area contributed by atoms with Gasteiger partial charge in [-0.3, -0.25) is 0 Å². The number of rotatable bonds is 8. The Morgan fingerprint density at radius 2 is 1.79 bits per heavy atom. The summed E-state index contributed by atoms with van der Waals surface area (Å²) >= 11 is 6.22. The molecule has 4 rings (SSSR count). The van der Waals surface area contributed by atoms with Gasteiger partial charge in [-0.15, -0.1) is 0 Å². The lowest BCUT2D eigenvalue weighted by molar-refractivity contribution is 0.479. The molecule has 0 aliphatic rings. The van der Waals surface area contributed by atoms with Crippen LogP contribution in [0.2, 0.25) is 5.02 Å². The van der Waals surface area contributed by atoms with E-state index in [9.17, 15) is 12.8 Å². The van der Waals surface area contributed by atoms with E-state index in [1.165, 1.54) is 36.7 Å². The quantitative estimate of drug-likeness (QED) is 0.264. The summed E-state index contributed by atoms with van der Waals surface area (Å²) in [6.07, 6.45) is 2.56. The Morgan fingerprint density at radius 1 is 1.00 bits per heavy atom. The van der Waals surface area contributed by atoms with Crippen molar-refractivity contribution in [2.75, 3.05) is 5.75 Å². The first-order chi connectivity index (χ1) is 16.4. The normalized spacial score (nSPS) is 11.3. The van der Waals surface area contributed by atoms with E-state index in [0.717, 1.165) is 0 Å². The molecule has 1 aromatic heterocycles. The standard InChI is InChI=1S/C25H19ClFN3O3S/c26-22-9-5-8-20-24(29-16-30-25(20)22)21-15-18(10-11-23(21)27)33-17-6-4-7-19(14-17)34(31,32)13-3-1-2-12-28/h4-11,14-16H,1-3,13H2. The van der Waals surface area contributed by atoms with Crippen LogP contribution in [0.3, 0.4) is 0 Å². The van der Waals surface area contributed by atoms with E-state index in [1.807, 2.05) is 6.07 Å². The van der Waals surface area contributed by atoms with Crippen LogP contribution in [0.15, 0.2) is 71.9 Å². The Kier molecular flexibility index (Phi) is 7.06. The number of fused-ring (bicyclic) bond motifs is 1. The van der Waals surface area contributed by atoms with E-state index < -0.39 is 15.7 Å². The highest BCUT2D eigenvalue weighted by Crippen LogP contribution is 2.34. The molecular weight excluding hydrogens is 477 g/mol. The van der Waals surface area contributed by atoms with Crippen molar-refractivity contribution in [1.29, 1.82) is 5.26 Å². The number of nitrogens with zero attached hydrogens (tertiary/aromatic N) is 3. The van der Waals surface area contributed by atoms with Crippen LogP contribution in [0.25, 0.3) is 22.2 Å². The Bertz CT molecular complexity index is 1500. The smallest absolute Gasteiger partial charge is 0.178 e. The van der Waals surface area contributed by atoms with Gasteiger partial charge in [0.25, 0.3) is 0 Å². The summed E-state index contributed by atoms with van der Waals surface area (Å²) in [6.45, 7) is 0. The van der Waals surface area contributed by atoms with Crippen LogP contribution in [0, 0.1) is 17.1 Å². The molecule has 3 aromatic carbocycles. The van der Waals surface area contributed by atoms with Gasteiger partial charge in [-0.25, -0.2) is 22.8 Å². The zero-order valence-electron chi connectivity index (χ0n) is 17.9. The van der Waals surface area contributed by atoms with Crippen molar-refractivity contribution >= 4 is 32.3 Å². The first-order valence-corrected chi connectivity index (χ1v) is 12.5. The highest BCUT2D eigenvalue weighted by molar-refractivity contribution is 7.91. The van der Waals surface area contributed by atoms with E-state index in [1.54, 1.807) is 30.3 Å². The van der Waals surface area contributed by atoms with Crippen LogP contribution in [0.4, 0.5) is 4.39 Å². The molecule has 0 radical (unpaired) electrons. The average molecular weight is 496 g/mol. The number of nitriles is 1. The van der Waals surface area contributed by atoms with Crippen molar-refractivity contribution in [3.8, 4) is 28.8 Å². The van der Waals surface area contributed by atoms with Gasteiger partial charge in [-0.05, 0) is 55.3 Å². The first kappa shape index (κ1) is 23.6. The highest BCUT2D eigenvalue weighted by atomic mass is 35.5. The zero-order chi connectivity index (χ0) is 24.1. The van der Waals surface area contributed by atoms with Crippen LogP contribution >= 0.6 is 11.6 Å². The third kappa shape index (κ3) is 5.16. The molecule has 0 bridgehead atoms. The number of halogens is 2. The third-order valence-corrected chi connectivity index (χ3v) is 7.26. The minimum atomic E-state index is -3.52. The highest BCUT2D eigenvalue weighted by Gasteiger charge is 2.17. The maximum atomic E-state index is 14.8. The van der Waals surface area contributed by atoms with Gasteiger partial charge in [-0.1, -0.05) is 29.8 Å². The van der Waals surface area contributed by atoms with Gasteiger partial charge in [0, 0.05) is 17.4 Å². The van der Waals surface area contributed by atoms with Gasteiger partial charge < -0.3 is 4.74 Å². The molecule has 0 saturated carbocycles. The molecule has 9 heteroatoms. The molecule has 34 heavy (non-hydrogen) atoms. The second-order valence-electron chi connectivity index (χ2n) is 7.51. The molecule has 0 amide bonds. The number of hydrogen-bond acceptors (Lipinski definition) is 6. The summed E-state index contributed by atoms with van der Waals surface area (Å²) in [5, 5.41) is 9.63. The molecule has 1 heterocycles. The number of sulfone groups is 1. The summed E-state index contributed by atoms with van der Waals surface area (Å²) in [5.74, 6) is 0.0587. The average Bonchev–Trinajstić information content (AvgIpc) is 2.83. The lowest BCUT2D eigenvalue weighted by Crippen LogP contribution is -2.06. The van der Waals surface area contributed by atoms with Crippen LogP contribution in [0.5, 0.6) is 11.5 Å².